The van der Waals surface area contributed by atoms with Crippen molar-refractivity contribution in [1.29, 1.82) is 0 Å². The van der Waals surface area contributed by atoms with Gasteiger partial charge in [0.25, 0.3) is 5.91 Å². The summed E-state index contributed by atoms with van der Waals surface area (Å²) in [5.41, 5.74) is 0.399. The summed E-state index contributed by atoms with van der Waals surface area (Å²) in [4.78, 5) is 39.6. The van der Waals surface area contributed by atoms with E-state index in [1.807, 2.05) is 13.0 Å². The molecule has 0 unspecified atom stereocenters. The van der Waals surface area contributed by atoms with Gasteiger partial charge in [0.1, 0.15) is 11.8 Å². The van der Waals surface area contributed by atoms with Crippen molar-refractivity contribution in [2.45, 2.75) is 57.9 Å². The van der Waals surface area contributed by atoms with Gasteiger partial charge in [0, 0.05) is 26.6 Å². The van der Waals surface area contributed by atoms with Crippen LogP contribution in [0.5, 0.6) is 5.75 Å². The Hall–Kier alpha value is -2.57. The Morgan fingerprint density at radius 2 is 1.97 bits per heavy atom. The molecule has 7 nitrogen and oxygen atoms in total. The number of para-hydroxylation sites is 1. The molecule has 0 saturated carbocycles. The van der Waals surface area contributed by atoms with Gasteiger partial charge in [0.05, 0.1) is 12.2 Å². The van der Waals surface area contributed by atoms with Crippen LogP contribution in [0, 0.1) is 0 Å². The van der Waals surface area contributed by atoms with Gasteiger partial charge in [-0.3, -0.25) is 14.4 Å². The molecule has 7 heteroatoms. The normalized spacial score (nSPS) is 19.7. The van der Waals surface area contributed by atoms with Crippen LogP contribution in [0.15, 0.2) is 24.3 Å². The minimum Gasteiger partial charge on any atom is -0.493 e. The summed E-state index contributed by atoms with van der Waals surface area (Å²) in [5, 5.41) is 5.61. The average Bonchev–Trinajstić information content (AvgIpc) is 2.73. The van der Waals surface area contributed by atoms with Crippen LogP contribution in [0.3, 0.4) is 0 Å². The van der Waals surface area contributed by atoms with Crippen molar-refractivity contribution >= 4 is 17.7 Å². The van der Waals surface area contributed by atoms with Crippen molar-refractivity contribution < 1.29 is 19.1 Å². The van der Waals surface area contributed by atoms with Crippen LogP contribution in [-0.4, -0.2) is 55.4 Å². The van der Waals surface area contributed by atoms with Crippen molar-refractivity contribution in [3.8, 4) is 5.75 Å². The fraction of sp³-hybridized carbons (Fsp3) is 0.591. The molecule has 3 amide bonds. The zero-order valence-corrected chi connectivity index (χ0v) is 17.5. The summed E-state index contributed by atoms with van der Waals surface area (Å²) in [6.45, 7) is 3.71. The number of benzene rings is 1. The molecule has 2 rings (SSSR count). The zero-order valence-electron chi connectivity index (χ0n) is 17.5. The Morgan fingerprint density at radius 1 is 1.21 bits per heavy atom. The molecule has 0 radical (unpaired) electrons. The van der Waals surface area contributed by atoms with E-state index in [4.69, 9.17) is 4.74 Å². The number of rotatable bonds is 3. The third kappa shape index (κ3) is 7.40. The molecular formula is C22H33N3O4. The van der Waals surface area contributed by atoms with Crippen LogP contribution in [-0.2, 0) is 9.59 Å². The lowest BCUT2D eigenvalue weighted by atomic mass is 10.1. The predicted octanol–water partition coefficient (Wildman–Crippen LogP) is 2.50. The van der Waals surface area contributed by atoms with E-state index in [1.165, 1.54) is 0 Å². The van der Waals surface area contributed by atoms with Gasteiger partial charge in [0.15, 0.2) is 0 Å². The number of amides is 3. The van der Waals surface area contributed by atoms with Gasteiger partial charge in [-0.05, 0) is 37.8 Å². The Morgan fingerprint density at radius 3 is 2.76 bits per heavy atom. The minimum absolute atomic E-state index is 0.0108. The van der Waals surface area contributed by atoms with E-state index in [-0.39, 0.29) is 30.6 Å². The maximum atomic E-state index is 12.9. The van der Waals surface area contributed by atoms with E-state index in [0.29, 0.717) is 31.0 Å². The second-order valence-electron chi connectivity index (χ2n) is 7.43. The Labute approximate surface area is 173 Å². The number of nitrogens with one attached hydrogen (secondary N) is 2. The smallest absolute Gasteiger partial charge is 0.255 e. The third-order valence-electron chi connectivity index (χ3n) is 5.02. The maximum absolute atomic E-state index is 12.9. The van der Waals surface area contributed by atoms with Gasteiger partial charge < -0.3 is 20.3 Å². The highest BCUT2D eigenvalue weighted by molar-refractivity contribution is 5.99. The van der Waals surface area contributed by atoms with Crippen LogP contribution in [0.1, 0.15) is 62.2 Å². The first-order valence-electron chi connectivity index (χ1n) is 10.6. The molecule has 1 aromatic rings. The predicted molar refractivity (Wildman–Crippen MR) is 112 cm³/mol. The molecule has 1 aliphatic heterocycles. The molecule has 1 heterocycles. The molecule has 160 valence electrons. The Kier molecular flexibility index (Phi) is 9.47. The third-order valence-corrected chi connectivity index (χ3v) is 5.02. The molecule has 0 aromatic heterocycles. The van der Waals surface area contributed by atoms with E-state index in [9.17, 15) is 14.4 Å². The highest BCUT2D eigenvalue weighted by Crippen LogP contribution is 2.19. The molecule has 1 aromatic carbocycles. The van der Waals surface area contributed by atoms with E-state index in [0.717, 1.165) is 32.1 Å². The van der Waals surface area contributed by atoms with Crippen LogP contribution in [0.2, 0.25) is 0 Å². The van der Waals surface area contributed by atoms with Crippen molar-refractivity contribution in [2.24, 2.45) is 0 Å². The number of nitrogens with zero attached hydrogens (tertiary/aromatic N) is 1. The molecule has 0 fully saturated rings. The SMILES string of the molecule is CCCNC(=O)[C@@H]1CCC(=O)N(C)CCCCCCOc2ccccc2C(=O)N1. The van der Waals surface area contributed by atoms with Gasteiger partial charge in [-0.25, -0.2) is 0 Å². The first kappa shape index (κ1) is 22.7. The summed E-state index contributed by atoms with van der Waals surface area (Å²) >= 11 is 0. The largest absolute Gasteiger partial charge is 0.493 e. The van der Waals surface area contributed by atoms with Crippen molar-refractivity contribution in [2.75, 3.05) is 26.7 Å². The average molecular weight is 404 g/mol. The number of ether oxygens (including phenoxy) is 1. The fourth-order valence-corrected chi connectivity index (χ4v) is 3.23. The second kappa shape index (κ2) is 12.1. The van der Waals surface area contributed by atoms with Crippen molar-refractivity contribution in [3.63, 3.8) is 0 Å². The quantitative estimate of drug-likeness (QED) is 0.812. The summed E-state index contributed by atoms with van der Waals surface area (Å²) in [6, 6.07) is 6.28. The van der Waals surface area contributed by atoms with Crippen molar-refractivity contribution in [3.05, 3.63) is 29.8 Å². The Balaban J connectivity index is 2.19. The molecular weight excluding hydrogens is 370 g/mol. The molecule has 0 spiro atoms. The molecule has 0 bridgehead atoms. The lowest BCUT2D eigenvalue weighted by molar-refractivity contribution is -0.130. The van der Waals surface area contributed by atoms with Gasteiger partial charge in [-0.2, -0.15) is 0 Å². The topological polar surface area (TPSA) is 87.7 Å². The molecule has 29 heavy (non-hydrogen) atoms. The number of hydrogen-bond acceptors (Lipinski definition) is 4. The lowest BCUT2D eigenvalue weighted by Gasteiger charge is -2.22. The number of hydrogen-bond donors (Lipinski definition) is 2. The zero-order chi connectivity index (χ0) is 21.1. The summed E-state index contributed by atoms with van der Waals surface area (Å²) in [7, 11) is 1.79. The van der Waals surface area contributed by atoms with E-state index in [1.54, 1.807) is 30.1 Å². The van der Waals surface area contributed by atoms with E-state index >= 15 is 0 Å². The second-order valence-corrected chi connectivity index (χ2v) is 7.43. The van der Waals surface area contributed by atoms with Crippen molar-refractivity contribution in [1.82, 2.24) is 15.5 Å². The van der Waals surface area contributed by atoms with Gasteiger partial charge >= 0.3 is 0 Å². The molecule has 1 aliphatic rings. The number of carbonyl (C=O) groups excluding carboxylic acids is 3. The van der Waals surface area contributed by atoms with Crippen LogP contribution in [0.25, 0.3) is 0 Å². The number of fused-ring (bicyclic) bond motifs is 1. The number of carbonyl (C=O) groups is 3. The summed E-state index contributed by atoms with van der Waals surface area (Å²) < 4.78 is 5.83. The van der Waals surface area contributed by atoms with Gasteiger partial charge in [-0.1, -0.05) is 31.9 Å². The standard InChI is InChI=1S/C22H33N3O4/c1-3-14-23-22(28)18-12-13-20(26)25(2)15-8-4-5-9-16-29-19-11-7-6-10-17(19)21(27)24-18/h6-7,10-11,18H,3-5,8-9,12-16H2,1-2H3,(H,23,28)(H,24,27)/t18-/m0/s1. The molecule has 1 atom stereocenters. The van der Waals surface area contributed by atoms with Gasteiger partial charge in [-0.15, -0.1) is 0 Å². The first-order chi connectivity index (χ1) is 14.0. The first-order valence-corrected chi connectivity index (χ1v) is 10.6. The van der Waals surface area contributed by atoms with E-state index < -0.39 is 6.04 Å². The molecule has 2 N–H and O–H groups in total. The van der Waals surface area contributed by atoms with E-state index in [2.05, 4.69) is 10.6 Å². The van der Waals surface area contributed by atoms with Crippen LogP contribution in [0.4, 0.5) is 0 Å². The highest BCUT2D eigenvalue weighted by atomic mass is 16.5. The fourth-order valence-electron chi connectivity index (χ4n) is 3.23. The Bertz CT molecular complexity index is 692. The maximum Gasteiger partial charge on any atom is 0.255 e. The van der Waals surface area contributed by atoms with Crippen LogP contribution < -0.4 is 15.4 Å². The summed E-state index contributed by atoms with van der Waals surface area (Å²) in [6.07, 6.45) is 5.12. The highest BCUT2D eigenvalue weighted by Gasteiger charge is 2.24. The summed E-state index contributed by atoms with van der Waals surface area (Å²) in [5.74, 6) is -0.135. The van der Waals surface area contributed by atoms with Gasteiger partial charge in [0.2, 0.25) is 11.8 Å². The molecule has 0 aliphatic carbocycles. The monoisotopic (exact) mass is 403 g/mol. The lowest BCUT2D eigenvalue weighted by Crippen LogP contribution is -2.47. The van der Waals surface area contributed by atoms with Crippen LogP contribution >= 0.6 is 0 Å². The molecule has 0 saturated heterocycles. The minimum atomic E-state index is -0.771.